The first-order chi connectivity index (χ1) is 8.33. The number of guanidine groups is 1. The van der Waals surface area contributed by atoms with Crippen molar-refractivity contribution >= 4 is 41.7 Å². The Balaban J connectivity index is 0.00000289. The number of nitrogens with zero attached hydrogens (tertiary/aromatic N) is 1. The summed E-state index contributed by atoms with van der Waals surface area (Å²) in [7, 11) is 0. The van der Waals surface area contributed by atoms with E-state index in [0.717, 1.165) is 19.0 Å². The van der Waals surface area contributed by atoms with Gasteiger partial charge in [0, 0.05) is 13.1 Å². The molecule has 0 spiro atoms. The smallest absolute Gasteiger partial charge is 0.188 e. The normalized spacial score (nSPS) is 15.9. The summed E-state index contributed by atoms with van der Waals surface area (Å²) < 4.78 is 0. The van der Waals surface area contributed by atoms with E-state index < -0.39 is 0 Å². The quantitative estimate of drug-likeness (QED) is 0.277. The molecule has 0 unspecified atom stereocenters. The van der Waals surface area contributed by atoms with E-state index in [1.165, 1.54) is 50.7 Å². The van der Waals surface area contributed by atoms with Crippen LogP contribution in [0.15, 0.2) is 4.99 Å². The summed E-state index contributed by atoms with van der Waals surface area (Å²) in [6.45, 7) is 1.89. The summed E-state index contributed by atoms with van der Waals surface area (Å²) in [5, 5.41) is 3.20. The molecule has 0 aromatic rings. The summed E-state index contributed by atoms with van der Waals surface area (Å²) in [4.78, 5) is 4.37. The van der Waals surface area contributed by atoms with Crippen LogP contribution >= 0.6 is 35.7 Å². The number of aliphatic imine (C=N–C) groups is 1. The lowest BCUT2D eigenvalue weighted by Crippen LogP contribution is -2.33. The molecule has 0 aliphatic heterocycles. The van der Waals surface area contributed by atoms with Crippen molar-refractivity contribution in [3.63, 3.8) is 0 Å². The SMILES string of the molecule is CSCCCCCCNC(N)=NCC1CCC1.I. The maximum Gasteiger partial charge on any atom is 0.188 e. The molecule has 5 heteroatoms. The Labute approximate surface area is 133 Å². The average molecular weight is 385 g/mol. The van der Waals surface area contributed by atoms with Crippen molar-refractivity contribution in [2.75, 3.05) is 25.1 Å². The summed E-state index contributed by atoms with van der Waals surface area (Å²) >= 11 is 1.93. The van der Waals surface area contributed by atoms with Crippen LogP contribution in [0.25, 0.3) is 0 Å². The van der Waals surface area contributed by atoms with Gasteiger partial charge in [-0.2, -0.15) is 11.8 Å². The highest BCUT2D eigenvalue weighted by atomic mass is 127. The third-order valence-electron chi connectivity index (χ3n) is 3.33. The highest BCUT2D eigenvalue weighted by Crippen LogP contribution is 2.26. The number of hydrogen-bond donors (Lipinski definition) is 2. The Kier molecular flexibility index (Phi) is 12.6. The van der Waals surface area contributed by atoms with Crippen LogP contribution in [0.2, 0.25) is 0 Å². The number of thioether (sulfide) groups is 1. The van der Waals surface area contributed by atoms with E-state index in [2.05, 4.69) is 16.6 Å². The Morgan fingerprint density at radius 3 is 2.61 bits per heavy atom. The molecule has 1 aliphatic carbocycles. The van der Waals surface area contributed by atoms with Crippen LogP contribution in [0.4, 0.5) is 0 Å². The topological polar surface area (TPSA) is 50.4 Å². The van der Waals surface area contributed by atoms with E-state index >= 15 is 0 Å². The maximum absolute atomic E-state index is 5.80. The summed E-state index contributed by atoms with van der Waals surface area (Å²) in [5.41, 5.74) is 5.80. The number of unbranched alkanes of at least 4 members (excludes halogenated alkanes) is 3. The Morgan fingerprint density at radius 1 is 1.28 bits per heavy atom. The molecule has 0 atom stereocenters. The van der Waals surface area contributed by atoms with Crippen LogP contribution < -0.4 is 11.1 Å². The van der Waals surface area contributed by atoms with Gasteiger partial charge in [-0.15, -0.1) is 24.0 Å². The van der Waals surface area contributed by atoms with Crippen molar-refractivity contribution in [2.24, 2.45) is 16.6 Å². The van der Waals surface area contributed by atoms with E-state index in [0.29, 0.717) is 5.96 Å². The van der Waals surface area contributed by atoms with Crippen molar-refractivity contribution in [1.29, 1.82) is 0 Å². The van der Waals surface area contributed by atoms with Gasteiger partial charge < -0.3 is 11.1 Å². The minimum Gasteiger partial charge on any atom is -0.370 e. The predicted octanol–water partition coefficient (Wildman–Crippen LogP) is 3.23. The van der Waals surface area contributed by atoms with E-state index in [1.807, 2.05) is 11.8 Å². The second-order valence-corrected chi connectivity index (χ2v) is 5.84. The Morgan fingerprint density at radius 2 is 2.00 bits per heavy atom. The molecule has 1 rings (SSSR count). The van der Waals surface area contributed by atoms with Crippen molar-refractivity contribution in [1.82, 2.24) is 5.32 Å². The molecule has 0 amide bonds. The Hall–Kier alpha value is 0.350. The highest BCUT2D eigenvalue weighted by molar-refractivity contribution is 14.0. The van der Waals surface area contributed by atoms with Crippen molar-refractivity contribution in [3.05, 3.63) is 0 Å². The van der Waals surface area contributed by atoms with Crippen LogP contribution in [0, 0.1) is 5.92 Å². The molecule has 18 heavy (non-hydrogen) atoms. The van der Waals surface area contributed by atoms with Gasteiger partial charge in [0.1, 0.15) is 0 Å². The number of nitrogens with two attached hydrogens (primary N) is 1. The fraction of sp³-hybridized carbons (Fsp3) is 0.923. The van der Waals surface area contributed by atoms with Gasteiger partial charge in [0.2, 0.25) is 0 Å². The van der Waals surface area contributed by atoms with Crippen LogP contribution in [-0.2, 0) is 0 Å². The van der Waals surface area contributed by atoms with Crippen LogP contribution in [0.3, 0.4) is 0 Å². The molecule has 1 aliphatic rings. The monoisotopic (exact) mass is 385 g/mol. The fourth-order valence-electron chi connectivity index (χ4n) is 1.90. The van der Waals surface area contributed by atoms with Crippen LogP contribution in [-0.4, -0.2) is 31.1 Å². The lowest BCUT2D eigenvalue weighted by molar-refractivity contribution is 0.326. The number of nitrogens with one attached hydrogen (secondary N) is 1. The first-order valence-electron chi connectivity index (χ1n) is 6.85. The van der Waals surface area contributed by atoms with E-state index in [-0.39, 0.29) is 24.0 Å². The number of hydrogen-bond acceptors (Lipinski definition) is 2. The van der Waals surface area contributed by atoms with E-state index in [9.17, 15) is 0 Å². The number of halogens is 1. The first kappa shape index (κ1) is 18.4. The zero-order valence-electron chi connectivity index (χ0n) is 11.5. The molecule has 1 fully saturated rings. The lowest BCUT2D eigenvalue weighted by atomic mass is 9.86. The van der Waals surface area contributed by atoms with Gasteiger partial charge in [-0.1, -0.05) is 19.3 Å². The van der Waals surface area contributed by atoms with Crippen LogP contribution in [0.1, 0.15) is 44.9 Å². The van der Waals surface area contributed by atoms with Crippen molar-refractivity contribution < 1.29 is 0 Å². The molecular formula is C13H28IN3S. The van der Waals surface area contributed by atoms with E-state index in [4.69, 9.17) is 5.73 Å². The first-order valence-corrected chi connectivity index (χ1v) is 8.25. The third kappa shape index (κ3) is 9.30. The van der Waals surface area contributed by atoms with Crippen LogP contribution in [0.5, 0.6) is 0 Å². The van der Waals surface area contributed by atoms with Crippen molar-refractivity contribution in [2.45, 2.75) is 44.9 Å². The van der Waals surface area contributed by atoms with E-state index in [1.54, 1.807) is 0 Å². The lowest BCUT2D eigenvalue weighted by Gasteiger charge is -2.23. The molecule has 0 aromatic carbocycles. The maximum atomic E-state index is 5.80. The standard InChI is InChI=1S/C13H27N3S.HI/c1-17-10-5-3-2-4-9-15-13(14)16-11-12-7-6-8-12;/h12H,2-11H2,1H3,(H3,14,15,16);1H. The van der Waals surface area contributed by atoms with Gasteiger partial charge in [-0.25, -0.2) is 0 Å². The molecule has 3 nitrogen and oxygen atoms in total. The largest absolute Gasteiger partial charge is 0.370 e. The zero-order valence-corrected chi connectivity index (χ0v) is 14.6. The molecule has 0 bridgehead atoms. The molecule has 108 valence electrons. The van der Waals surface area contributed by atoms with Gasteiger partial charge in [0.05, 0.1) is 0 Å². The van der Waals surface area contributed by atoms with Gasteiger partial charge in [0.15, 0.2) is 5.96 Å². The molecule has 0 heterocycles. The minimum atomic E-state index is 0. The summed E-state index contributed by atoms with van der Waals surface area (Å²) in [6, 6.07) is 0. The molecule has 3 N–H and O–H groups in total. The molecular weight excluding hydrogens is 357 g/mol. The highest BCUT2D eigenvalue weighted by Gasteiger charge is 2.16. The second kappa shape index (κ2) is 12.4. The van der Waals surface area contributed by atoms with Gasteiger partial charge >= 0.3 is 0 Å². The predicted molar refractivity (Wildman–Crippen MR) is 94.1 cm³/mol. The second-order valence-electron chi connectivity index (χ2n) is 4.86. The molecule has 1 saturated carbocycles. The summed E-state index contributed by atoms with van der Waals surface area (Å²) in [5.74, 6) is 2.74. The van der Waals surface area contributed by atoms with Gasteiger partial charge in [0.25, 0.3) is 0 Å². The molecule has 0 radical (unpaired) electrons. The number of rotatable bonds is 9. The molecule has 0 saturated heterocycles. The zero-order chi connectivity index (χ0) is 12.3. The average Bonchev–Trinajstić information content (AvgIpc) is 2.26. The fourth-order valence-corrected chi connectivity index (χ4v) is 2.39. The van der Waals surface area contributed by atoms with Crippen molar-refractivity contribution in [3.8, 4) is 0 Å². The van der Waals surface area contributed by atoms with Gasteiger partial charge in [-0.3, -0.25) is 4.99 Å². The Bertz CT molecular complexity index is 220. The third-order valence-corrected chi connectivity index (χ3v) is 4.02. The van der Waals surface area contributed by atoms with Gasteiger partial charge in [-0.05, 0) is 43.6 Å². The molecule has 0 aromatic heterocycles. The summed E-state index contributed by atoms with van der Waals surface area (Å²) in [6.07, 6.45) is 11.4. The minimum absolute atomic E-state index is 0.